The van der Waals surface area contributed by atoms with Crippen LogP contribution in [-0.2, 0) is 17.8 Å². The van der Waals surface area contributed by atoms with E-state index in [4.69, 9.17) is 4.74 Å². The molecule has 1 atom stereocenters. The van der Waals surface area contributed by atoms with Crippen molar-refractivity contribution in [3.8, 4) is 5.75 Å². The Bertz CT molecular complexity index is 1120. The Morgan fingerprint density at radius 2 is 1.79 bits per heavy atom. The second kappa shape index (κ2) is 10.7. The van der Waals surface area contributed by atoms with Gasteiger partial charge >= 0.3 is 0 Å². The third kappa shape index (κ3) is 5.59. The summed E-state index contributed by atoms with van der Waals surface area (Å²) in [4.78, 5) is 29.6. The predicted molar refractivity (Wildman–Crippen MR) is 138 cm³/mol. The lowest BCUT2D eigenvalue weighted by molar-refractivity contribution is -0.118. The number of nitrogens with zero attached hydrogens (tertiary/aromatic N) is 1. The van der Waals surface area contributed by atoms with Crippen molar-refractivity contribution in [2.75, 3.05) is 23.4 Å². The number of benzene rings is 2. The maximum Gasteiger partial charge on any atom is 0.251 e. The Labute approximate surface area is 204 Å². The molecule has 2 amide bonds. The molecule has 178 valence electrons. The molecule has 0 saturated carbocycles. The molecule has 3 aromatic rings. The molecule has 0 radical (unpaired) electrons. The van der Waals surface area contributed by atoms with Crippen molar-refractivity contribution >= 4 is 34.5 Å². The molecule has 1 unspecified atom stereocenters. The fraction of sp³-hybridized carbons (Fsp3) is 0.333. The molecular formula is C27H31N3O3S. The Hall–Kier alpha value is -3.32. The molecule has 1 aliphatic heterocycles. The van der Waals surface area contributed by atoms with Crippen LogP contribution >= 0.6 is 11.3 Å². The fourth-order valence-corrected chi connectivity index (χ4v) is 4.96. The number of ether oxygens (including phenoxy) is 1. The van der Waals surface area contributed by atoms with E-state index in [1.807, 2.05) is 56.4 Å². The molecule has 0 saturated heterocycles. The first-order valence-corrected chi connectivity index (χ1v) is 12.6. The Kier molecular flexibility index (Phi) is 7.53. The molecule has 1 aromatic heterocycles. The van der Waals surface area contributed by atoms with E-state index < -0.39 is 6.04 Å². The first kappa shape index (κ1) is 23.8. The molecule has 7 heteroatoms. The molecule has 34 heavy (non-hydrogen) atoms. The van der Waals surface area contributed by atoms with Gasteiger partial charge in [0.05, 0.1) is 6.61 Å². The zero-order valence-corrected chi connectivity index (χ0v) is 20.7. The van der Waals surface area contributed by atoms with Crippen LogP contribution in [0.2, 0.25) is 0 Å². The highest BCUT2D eigenvalue weighted by molar-refractivity contribution is 7.10. The quantitative estimate of drug-likeness (QED) is 0.473. The summed E-state index contributed by atoms with van der Waals surface area (Å²) >= 11 is 1.83. The van der Waals surface area contributed by atoms with E-state index >= 15 is 0 Å². The lowest BCUT2D eigenvalue weighted by Crippen LogP contribution is -2.47. The van der Waals surface area contributed by atoms with Gasteiger partial charge in [-0.3, -0.25) is 9.59 Å². The van der Waals surface area contributed by atoms with Gasteiger partial charge in [0.1, 0.15) is 11.8 Å². The topological polar surface area (TPSA) is 70.7 Å². The largest absolute Gasteiger partial charge is 0.494 e. The molecule has 0 spiro atoms. The van der Waals surface area contributed by atoms with Crippen LogP contribution in [0.1, 0.15) is 41.6 Å². The number of carbonyl (C=O) groups is 2. The summed E-state index contributed by atoms with van der Waals surface area (Å²) in [5, 5.41) is 7.99. The summed E-state index contributed by atoms with van der Waals surface area (Å²) in [6.45, 7) is 8.22. The summed E-state index contributed by atoms with van der Waals surface area (Å²) in [6.07, 6.45) is 1.07. The van der Waals surface area contributed by atoms with Crippen LogP contribution in [0.4, 0.5) is 11.4 Å². The monoisotopic (exact) mass is 477 g/mol. The predicted octanol–water partition coefficient (Wildman–Crippen LogP) is 5.10. The van der Waals surface area contributed by atoms with Crippen molar-refractivity contribution in [1.29, 1.82) is 0 Å². The average Bonchev–Trinajstić information content (AvgIpc) is 3.31. The van der Waals surface area contributed by atoms with Crippen molar-refractivity contribution in [3.05, 3.63) is 76.0 Å². The zero-order valence-electron chi connectivity index (χ0n) is 19.8. The number of hydrogen-bond donors (Lipinski definition) is 2. The van der Waals surface area contributed by atoms with E-state index in [0.29, 0.717) is 23.6 Å². The number of nitrogens with one attached hydrogen (secondary N) is 2. The van der Waals surface area contributed by atoms with Gasteiger partial charge in [0.25, 0.3) is 5.91 Å². The summed E-state index contributed by atoms with van der Waals surface area (Å²) in [6, 6.07) is 16.4. The highest BCUT2D eigenvalue weighted by Crippen LogP contribution is 2.28. The molecule has 2 aromatic carbocycles. The second-order valence-corrected chi connectivity index (χ2v) is 9.73. The maximum atomic E-state index is 13.0. The maximum absolute atomic E-state index is 13.0. The molecule has 1 aliphatic rings. The minimum Gasteiger partial charge on any atom is -0.494 e. The van der Waals surface area contributed by atoms with Crippen LogP contribution in [0.25, 0.3) is 0 Å². The number of carbonyl (C=O) groups excluding carboxylic acids is 2. The van der Waals surface area contributed by atoms with Crippen molar-refractivity contribution < 1.29 is 14.3 Å². The van der Waals surface area contributed by atoms with Gasteiger partial charge in [-0.2, -0.15) is 0 Å². The number of hydrogen-bond acceptors (Lipinski definition) is 5. The van der Waals surface area contributed by atoms with E-state index in [0.717, 1.165) is 25.2 Å². The number of thiophene rings is 1. The van der Waals surface area contributed by atoms with Crippen LogP contribution in [0, 0.1) is 5.92 Å². The molecule has 0 fully saturated rings. The Balaban J connectivity index is 1.37. The SMILES string of the molecule is CCOc1ccc(C(=O)NC(C(=O)Nc2ccc(N3CCc4sccc4C3)cc2)C(C)C)cc1. The third-order valence-electron chi connectivity index (χ3n) is 5.97. The molecule has 0 bridgehead atoms. The Morgan fingerprint density at radius 3 is 2.47 bits per heavy atom. The molecule has 6 nitrogen and oxygen atoms in total. The van der Waals surface area contributed by atoms with Crippen LogP contribution in [-0.4, -0.2) is 31.0 Å². The Morgan fingerprint density at radius 1 is 1.06 bits per heavy atom. The van der Waals surface area contributed by atoms with Crippen LogP contribution in [0.5, 0.6) is 5.75 Å². The molecule has 0 aliphatic carbocycles. The standard InChI is InChI=1S/C27H31N3O3S/c1-4-33-23-11-5-19(6-12-23)26(31)29-25(18(2)3)27(32)28-21-7-9-22(10-8-21)30-15-13-24-20(17-30)14-16-34-24/h5-12,14,16,18,25H,4,13,15,17H2,1-3H3,(H,28,32)(H,29,31). The van der Waals surface area contributed by atoms with E-state index in [1.165, 1.54) is 10.4 Å². The minimum absolute atomic E-state index is 0.0703. The van der Waals surface area contributed by atoms with Crippen molar-refractivity contribution in [1.82, 2.24) is 5.32 Å². The lowest BCUT2D eigenvalue weighted by Gasteiger charge is -2.29. The third-order valence-corrected chi connectivity index (χ3v) is 6.99. The first-order chi connectivity index (χ1) is 16.4. The van der Waals surface area contributed by atoms with Crippen LogP contribution < -0.4 is 20.3 Å². The first-order valence-electron chi connectivity index (χ1n) is 11.7. The van der Waals surface area contributed by atoms with Gasteiger partial charge in [0, 0.05) is 34.9 Å². The summed E-state index contributed by atoms with van der Waals surface area (Å²) in [5.74, 6) is 0.119. The summed E-state index contributed by atoms with van der Waals surface area (Å²) in [5.41, 5.74) is 3.74. The van der Waals surface area contributed by atoms with Gasteiger partial charge in [0.15, 0.2) is 0 Å². The molecule has 4 rings (SSSR count). The van der Waals surface area contributed by atoms with E-state index in [9.17, 15) is 9.59 Å². The number of anilines is 2. The molecule has 2 N–H and O–H groups in total. The van der Waals surface area contributed by atoms with Crippen molar-refractivity contribution in [2.45, 2.75) is 39.8 Å². The van der Waals surface area contributed by atoms with Crippen molar-refractivity contribution in [3.63, 3.8) is 0 Å². The van der Waals surface area contributed by atoms with Crippen molar-refractivity contribution in [2.24, 2.45) is 5.92 Å². The van der Waals surface area contributed by atoms with E-state index in [-0.39, 0.29) is 17.7 Å². The highest BCUT2D eigenvalue weighted by Gasteiger charge is 2.25. The molecule has 2 heterocycles. The van der Waals surface area contributed by atoms with Gasteiger partial charge in [-0.1, -0.05) is 13.8 Å². The van der Waals surface area contributed by atoms with Gasteiger partial charge in [0.2, 0.25) is 5.91 Å². The second-order valence-electron chi connectivity index (χ2n) is 8.73. The summed E-state index contributed by atoms with van der Waals surface area (Å²) < 4.78 is 5.43. The van der Waals surface area contributed by atoms with Gasteiger partial charge in [-0.05, 0) is 84.8 Å². The van der Waals surface area contributed by atoms with Gasteiger partial charge < -0.3 is 20.3 Å². The van der Waals surface area contributed by atoms with Crippen LogP contribution in [0.3, 0.4) is 0 Å². The van der Waals surface area contributed by atoms with Gasteiger partial charge in [-0.15, -0.1) is 11.3 Å². The smallest absolute Gasteiger partial charge is 0.251 e. The molecular weight excluding hydrogens is 446 g/mol. The average molecular weight is 478 g/mol. The van der Waals surface area contributed by atoms with E-state index in [2.05, 4.69) is 27.0 Å². The fourth-order valence-electron chi connectivity index (χ4n) is 4.07. The number of fused-ring (bicyclic) bond motifs is 1. The number of amides is 2. The highest BCUT2D eigenvalue weighted by atomic mass is 32.1. The van der Waals surface area contributed by atoms with Gasteiger partial charge in [-0.25, -0.2) is 0 Å². The lowest BCUT2D eigenvalue weighted by atomic mass is 10.0. The normalized spacial score (nSPS) is 13.8. The minimum atomic E-state index is -0.655. The zero-order chi connectivity index (χ0) is 24.1. The summed E-state index contributed by atoms with van der Waals surface area (Å²) in [7, 11) is 0. The number of rotatable bonds is 8. The van der Waals surface area contributed by atoms with Crippen LogP contribution in [0.15, 0.2) is 60.0 Å². The van der Waals surface area contributed by atoms with E-state index in [1.54, 1.807) is 24.3 Å².